The van der Waals surface area contributed by atoms with Gasteiger partial charge in [-0.3, -0.25) is 0 Å². The van der Waals surface area contributed by atoms with Gasteiger partial charge in [-0.2, -0.15) is 0 Å². The summed E-state index contributed by atoms with van der Waals surface area (Å²) < 4.78 is 0. The highest BCUT2D eigenvalue weighted by Crippen LogP contribution is 2.30. The van der Waals surface area contributed by atoms with Crippen LogP contribution in [0.2, 0.25) is 0 Å². The first kappa shape index (κ1) is 10.9. The molecule has 0 bridgehead atoms. The lowest BCUT2D eigenvalue weighted by Crippen LogP contribution is -2.08. The van der Waals surface area contributed by atoms with E-state index in [0.29, 0.717) is 5.75 Å². The van der Waals surface area contributed by atoms with Crippen molar-refractivity contribution >= 4 is 11.8 Å². The molecule has 0 amide bonds. The Hall–Kier alpha value is -0.630. The fraction of sp³-hybridized carbons (Fsp3) is 0.538. The molecule has 0 spiro atoms. The highest BCUT2D eigenvalue weighted by Gasteiger charge is 2.13. The lowest BCUT2D eigenvalue weighted by Gasteiger charge is -2.20. The second-order valence-corrected chi connectivity index (χ2v) is 5.41. The average Bonchev–Trinajstić information content (AvgIpc) is 2.28. The monoisotopic (exact) mass is 222 g/mol. The second kappa shape index (κ2) is 5.45. The van der Waals surface area contributed by atoms with Crippen LogP contribution in [0.5, 0.6) is 5.75 Å². The Morgan fingerprint density at radius 2 is 2.00 bits per heavy atom. The minimum Gasteiger partial charge on any atom is -0.508 e. The number of phenolic OH excluding ortho intramolecular Hbond substituents is 1. The zero-order valence-electron chi connectivity index (χ0n) is 8.98. The standard InChI is InChI=1S/C13H18OS/c14-12-7-4-8-13(9-12)15-10-11-5-2-1-3-6-11/h4,7-9,11,14H,1-3,5-6,10H2. The summed E-state index contributed by atoms with van der Waals surface area (Å²) in [4.78, 5) is 1.19. The van der Waals surface area contributed by atoms with Crippen LogP contribution in [-0.4, -0.2) is 10.9 Å². The molecule has 1 aliphatic rings. The van der Waals surface area contributed by atoms with E-state index in [2.05, 4.69) is 6.07 Å². The number of phenols is 1. The highest BCUT2D eigenvalue weighted by molar-refractivity contribution is 7.99. The molecule has 0 atom stereocenters. The van der Waals surface area contributed by atoms with Crippen molar-refractivity contribution < 1.29 is 5.11 Å². The number of hydrogen-bond donors (Lipinski definition) is 1. The minimum absolute atomic E-state index is 0.378. The van der Waals surface area contributed by atoms with Gasteiger partial charge in [0.1, 0.15) is 5.75 Å². The molecular weight excluding hydrogens is 204 g/mol. The zero-order valence-corrected chi connectivity index (χ0v) is 9.80. The summed E-state index contributed by atoms with van der Waals surface area (Å²) in [5, 5.41) is 9.34. The molecule has 2 heteroatoms. The fourth-order valence-corrected chi connectivity index (χ4v) is 3.28. The van der Waals surface area contributed by atoms with E-state index in [4.69, 9.17) is 0 Å². The molecule has 0 saturated heterocycles. The summed E-state index contributed by atoms with van der Waals surface area (Å²) in [5.41, 5.74) is 0. The number of hydrogen-bond acceptors (Lipinski definition) is 2. The molecule has 2 rings (SSSR count). The van der Waals surface area contributed by atoms with Crippen LogP contribution in [0.3, 0.4) is 0 Å². The van der Waals surface area contributed by atoms with Crippen LogP contribution in [0.25, 0.3) is 0 Å². The summed E-state index contributed by atoms with van der Waals surface area (Å²) in [6.45, 7) is 0. The minimum atomic E-state index is 0.378. The molecule has 0 radical (unpaired) electrons. The molecule has 1 saturated carbocycles. The summed E-state index contributed by atoms with van der Waals surface area (Å²) in [5.74, 6) is 2.48. The van der Waals surface area contributed by atoms with E-state index in [1.165, 1.54) is 42.8 Å². The van der Waals surface area contributed by atoms with Crippen LogP contribution in [-0.2, 0) is 0 Å². The normalized spacial score (nSPS) is 17.9. The molecule has 1 N–H and O–H groups in total. The van der Waals surface area contributed by atoms with Crippen molar-refractivity contribution in [2.75, 3.05) is 5.75 Å². The van der Waals surface area contributed by atoms with E-state index >= 15 is 0 Å². The maximum atomic E-state index is 9.34. The maximum Gasteiger partial charge on any atom is 0.116 e. The van der Waals surface area contributed by atoms with Crippen molar-refractivity contribution in [1.29, 1.82) is 0 Å². The van der Waals surface area contributed by atoms with E-state index in [0.717, 1.165) is 5.92 Å². The molecule has 1 aromatic rings. The molecule has 82 valence electrons. The van der Waals surface area contributed by atoms with Crippen LogP contribution in [0, 0.1) is 5.92 Å². The molecule has 0 aromatic heterocycles. The van der Waals surface area contributed by atoms with Gasteiger partial charge < -0.3 is 5.11 Å². The number of aromatic hydroxyl groups is 1. The summed E-state index contributed by atoms with van der Waals surface area (Å²) in [7, 11) is 0. The molecule has 1 nitrogen and oxygen atoms in total. The topological polar surface area (TPSA) is 20.2 Å². The van der Waals surface area contributed by atoms with E-state index in [1.54, 1.807) is 6.07 Å². The summed E-state index contributed by atoms with van der Waals surface area (Å²) in [6, 6.07) is 7.57. The number of thioether (sulfide) groups is 1. The van der Waals surface area contributed by atoms with Gasteiger partial charge in [0.2, 0.25) is 0 Å². The van der Waals surface area contributed by atoms with Gasteiger partial charge >= 0.3 is 0 Å². The van der Waals surface area contributed by atoms with Crippen LogP contribution < -0.4 is 0 Å². The van der Waals surface area contributed by atoms with Crippen LogP contribution >= 0.6 is 11.8 Å². The quantitative estimate of drug-likeness (QED) is 0.778. The molecule has 1 aromatic carbocycles. The van der Waals surface area contributed by atoms with Crippen molar-refractivity contribution in [2.24, 2.45) is 5.92 Å². The van der Waals surface area contributed by atoms with Gasteiger partial charge in [0.05, 0.1) is 0 Å². The second-order valence-electron chi connectivity index (χ2n) is 4.31. The van der Waals surface area contributed by atoms with Crippen molar-refractivity contribution in [2.45, 2.75) is 37.0 Å². The van der Waals surface area contributed by atoms with Crippen LogP contribution in [0.1, 0.15) is 32.1 Å². The third kappa shape index (κ3) is 3.45. The van der Waals surface area contributed by atoms with Gasteiger partial charge in [-0.15, -0.1) is 11.8 Å². The van der Waals surface area contributed by atoms with Crippen LogP contribution in [0.15, 0.2) is 29.2 Å². The Morgan fingerprint density at radius 3 is 2.73 bits per heavy atom. The molecule has 1 aliphatic carbocycles. The van der Waals surface area contributed by atoms with E-state index < -0.39 is 0 Å². The van der Waals surface area contributed by atoms with E-state index in [-0.39, 0.29) is 0 Å². The predicted octanol–water partition coefficient (Wildman–Crippen LogP) is 4.06. The first-order chi connectivity index (χ1) is 7.34. The number of rotatable bonds is 3. The van der Waals surface area contributed by atoms with Gasteiger partial charge in [-0.1, -0.05) is 25.3 Å². The van der Waals surface area contributed by atoms with Crippen molar-refractivity contribution in [3.8, 4) is 5.75 Å². The van der Waals surface area contributed by atoms with Crippen LogP contribution in [0.4, 0.5) is 0 Å². The lowest BCUT2D eigenvalue weighted by molar-refractivity contribution is 0.391. The van der Waals surface area contributed by atoms with Gasteiger partial charge in [0.15, 0.2) is 0 Å². The summed E-state index contributed by atoms with van der Waals surface area (Å²) >= 11 is 1.88. The van der Waals surface area contributed by atoms with Crippen molar-refractivity contribution in [3.63, 3.8) is 0 Å². The molecular formula is C13H18OS. The van der Waals surface area contributed by atoms with Gasteiger partial charge in [0, 0.05) is 10.6 Å². The van der Waals surface area contributed by atoms with E-state index in [9.17, 15) is 5.11 Å². The Morgan fingerprint density at radius 1 is 1.20 bits per heavy atom. The average molecular weight is 222 g/mol. The molecule has 0 heterocycles. The van der Waals surface area contributed by atoms with Gasteiger partial charge in [-0.05, 0) is 37.0 Å². The first-order valence-corrected chi connectivity index (χ1v) is 6.75. The number of benzene rings is 1. The Kier molecular flexibility index (Phi) is 3.95. The lowest BCUT2D eigenvalue weighted by atomic mass is 9.91. The maximum absolute atomic E-state index is 9.34. The fourth-order valence-electron chi connectivity index (χ4n) is 2.14. The summed E-state index contributed by atoms with van der Waals surface area (Å²) in [6.07, 6.45) is 7.03. The SMILES string of the molecule is Oc1cccc(SCC2CCCCC2)c1. The molecule has 0 aliphatic heterocycles. The van der Waals surface area contributed by atoms with Gasteiger partial charge in [-0.25, -0.2) is 0 Å². The first-order valence-electron chi connectivity index (χ1n) is 5.76. The predicted molar refractivity (Wildman–Crippen MR) is 65.4 cm³/mol. The third-order valence-electron chi connectivity index (χ3n) is 3.03. The zero-order chi connectivity index (χ0) is 10.5. The Balaban J connectivity index is 1.81. The molecule has 0 unspecified atom stereocenters. The largest absolute Gasteiger partial charge is 0.508 e. The third-order valence-corrected chi connectivity index (χ3v) is 4.25. The molecule has 15 heavy (non-hydrogen) atoms. The van der Waals surface area contributed by atoms with Crippen molar-refractivity contribution in [1.82, 2.24) is 0 Å². The Bertz CT molecular complexity index is 305. The van der Waals surface area contributed by atoms with E-state index in [1.807, 2.05) is 23.9 Å². The smallest absolute Gasteiger partial charge is 0.116 e. The van der Waals surface area contributed by atoms with Gasteiger partial charge in [0.25, 0.3) is 0 Å². The van der Waals surface area contributed by atoms with Crippen molar-refractivity contribution in [3.05, 3.63) is 24.3 Å². The molecule has 1 fully saturated rings. The Labute approximate surface area is 95.9 Å². The highest BCUT2D eigenvalue weighted by atomic mass is 32.2.